The second-order valence-corrected chi connectivity index (χ2v) is 12.3. The SMILES string of the molecule is NCCCOCCOCCOCCOCCOCCOCCOCCOCCOCCOCCOCCOCCOCCOCCOCCOCCOCCOCCCN. The van der Waals surface area contributed by atoms with Crippen molar-refractivity contribution in [3.8, 4) is 0 Å². The Balaban J connectivity index is 3.06. The van der Waals surface area contributed by atoms with Crippen LogP contribution in [0, 0.1) is 0 Å². The molecule has 0 aliphatic heterocycles. The van der Waals surface area contributed by atoms with Crippen LogP contribution >= 0.6 is 0 Å². The molecule has 0 aliphatic carbocycles. The summed E-state index contributed by atoms with van der Waals surface area (Å²) in [5, 5.41) is 0. The highest BCUT2D eigenvalue weighted by Crippen LogP contribution is 1.90. The molecule has 0 saturated heterocycles. The molecule has 0 heterocycles. The monoisotopic (exact) mass is 881 g/mol. The van der Waals surface area contributed by atoms with E-state index in [2.05, 4.69) is 0 Å². The summed E-state index contributed by atoms with van der Waals surface area (Å²) in [6.07, 6.45) is 1.74. The molecule has 4 N–H and O–H groups in total. The zero-order valence-electron chi connectivity index (χ0n) is 36.8. The van der Waals surface area contributed by atoms with Gasteiger partial charge in [0.25, 0.3) is 0 Å². The number of hydrogen-bond acceptors (Lipinski definition) is 20. The predicted octanol–water partition coefficient (Wildman–Crippen LogP) is -0.0172. The third-order valence-corrected chi connectivity index (χ3v) is 7.31. The second-order valence-electron chi connectivity index (χ2n) is 12.3. The van der Waals surface area contributed by atoms with Gasteiger partial charge >= 0.3 is 0 Å². The van der Waals surface area contributed by atoms with Gasteiger partial charge in [0, 0.05) is 13.2 Å². The molecule has 60 heavy (non-hydrogen) atoms. The lowest BCUT2D eigenvalue weighted by Crippen LogP contribution is -2.16. The van der Waals surface area contributed by atoms with Gasteiger partial charge in [-0.2, -0.15) is 0 Å². The van der Waals surface area contributed by atoms with E-state index in [-0.39, 0.29) is 0 Å². The first-order valence-corrected chi connectivity index (χ1v) is 21.7. The summed E-state index contributed by atoms with van der Waals surface area (Å²) in [4.78, 5) is 0. The molecule has 0 unspecified atom stereocenters. The highest BCUT2D eigenvalue weighted by Gasteiger charge is 1.98. The van der Waals surface area contributed by atoms with E-state index in [1.54, 1.807) is 0 Å². The predicted molar refractivity (Wildman–Crippen MR) is 222 cm³/mol. The molecular weight excluding hydrogens is 796 g/mol. The van der Waals surface area contributed by atoms with E-state index in [4.69, 9.17) is 96.7 Å². The molecule has 0 radical (unpaired) electrons. The maximum Gasteiger partial charge on any atom is 0.0701 e. The van der Waals surface area contributed by atoms with Crippen LogP contribution in [0.5, 0.6) is 0 Å². The summed E-state index contributed by atoms with van der Waals surface area (Å²) in [5.41, 5.74) is 10.8. The molecule has 0 rings (SSSR count). The summed E-state index contributed by atoms with van der Waals surface area (Å²) in [6, 6.07) is 0. The van der Waals surface area contributed by atoms with Gasteiger partial charge in [0.15, 0.2) is 0 Å². The van der Waals surface area contributed by atoms with Gasteiger partial charge in [-0.1, -0.05) is 0 Å². The van der Waals surface area contributed by atoms with Crippen molar-refractivity contribution in [2.24, 2.45) is 11.5 Å². The highest BCUT2D eigenvalue weighted by atomic mass is 16.6. The lowest BCUT2D eigenvalue weighted by Gasteiger charge is -2.09. The van der Waals surface area contributed by atoms with Crippen molar-refractivity contribution in [2.75, 3.05) is 251 Å². The fourth-order valence-electron chi connectivity index (χ4n) is 4.21. The molecule has 0 fully saturated rings. The van der Waals surface area contributed by atoms with E-state index in [0.717, 1.165) is 12.8 Å². The highest BCUT2D eigenvalue weighted by molar-refractivity contribution is 4.42. The van der Waals surface area contributed by atoms with Crippen LogP contribution in [0.15, 0.2) is 0 Å². The Bertz CT molecular complexity index is 686. The average molecular weight is 881 g/mol. The van der Waals surface area contributed by atoms with Gasteiger partial charge < -0.3 is 96.7 Å². The van der Waals surface area contributed by atoms with Crippen LogP contribution < -0.4 is 11.5 Å². The maximum atomic E-state index is 5.51. The van der Waals surface area contributed by atoms with Crippen LogP contribution in [0.3, 0.4) is 0 Å². The largest absolute Gasteiger partial charge is 0.379 e. The van der Waals surface area contributed by atoms with Gasteiger partial charge in [-0.05, 0) is 25.9 Å². The average Bonchev–Trinajstić information content (AvgIpc) is 3.26. The maximum absolute atomic E-state index is 5.51. The summed E-state index contributed by atoms with van der Waals surface area (Å²) in [6.45, 7) is 20.1. The molecule has 0 aromatic heterocycles. The van der Waals surface area contributed by atoms with Gasteiger partial charge in [0.05, 0.1) is 225 Å². The van der Waals surface area contributed by atoms with Crippen molar-refractivity contribution in [3.63, 3.8) is 0 Å². The zero-order chi connectivity index (χ0) is 43.0. The Morgan fingerprint density at radius 1 is 0.133 bits per heavy atom. The smallest absolute Gasteiger partial charge is 0.0701 e. The molecule has 20 heteroatoms. The van der Waals surface area contributed by atoms with Crippen LogP contribution in [-0.2, 0) is 85.3 Å². The molecule has 0 bridgehead atoms. The van der Waals surface area contributed by atoms with Gasteiger partial charge in [0.1, 0.15) is 0 Å². The lowest BCUT2D eigenvalue weighted by atomic mass is 10.5. The molecule has 0 amide bonds. The Kier molecular flexibility index (Phi) is 57.4. The Morgan fingerprint density at radius 3 is 0.300 bits per heavy atom. The fraction of sp³-hybridized carbons (Fsp3) is 1.00. The third-order valence-electron chi connectivity index (χ3n) is 7.31. The molecule has 0 aliphatic rings. The van der Waals surface area contributed by atoms with Gasteiger partial charge in [-0.3, -0.25) is 0 Å². The second kappa shape index (κ2) is 58.2. The first-order valence-electron chi connectivity index (χ1n) is 21.7. The Morgan fingerprint density at radius 2 is 0.217 bits per heavy atom. The van der Waals surface area contributed by atoms with E-state index in [0.29, 0.717) is 251 Å². The molecule has 0 aromatic rings. The van der Waals surface area contributed by atoms with E-state index >= 15 is 0 Å². The fourth-order valence-corrected chi connectivity index (χ4v) is 4.21. The molecule has 0 atom stereocenters. The van der Waals surface area contributed by atoms with Crippen molar-refractivity contribution in [1.82, 2.24) is 0 Å². The van der Waals surface area contributed by atoms with Gasteiger partial charge in [-0.25, -0.2) is 0 Å². The first-order chi connectivity index (χ1) is 29.9. The van der Waals surface area contributed by atoms with Crippen LogP contribution in [0.2, 0.25) is 0 Å². The number of nitrogens with two attached hydrogens (primary N) is 2. The summed E-state index contributed by atoms with van der Waals surface area (Å²) in [7, 11) is 0. The molecule has 0 spiro atoms. The molecular formula is C40H84N2O18. The minimum atomic E-state index is 0.496. The standard InChI is InChI=1S/C40H84N2O18/c41-3-1-5-43-7-9-45-11-13-47-15-17-49-19-21-51-23-25-53-27-29-55-31-33-57-35-37-59-39-40-60-38-36-58-34-32-56-30-28-54-26-24-52-22-20-50-18-16-48-14-12-46-10-8-44-6-2-4-42/h1-42H2. The summed E-state index contributed by atoms with van der Waals surface area (Å²) >= 11 is 0. The van der Waals surface area contributed by atoms with Crippen molar-refractivity contribution in [3.05, 3.63) is 0 Å². The Labute approximate surface area is 360 Å². The number of ether oxygens (including phenoxy) is 18. The third kappa shape index (κ3) is 57.2. The molecule has 0 saturated carbocycles. The lowest BCUT2D eigenvalue weighted by molar-refractivity contribution is -0.0310. The van der Waals surface area contributed by atoms with Crippen molar-refractivity contribution < 1.29 is 85.3 Å². The van der Waals surface area contributed by atoms with E-state index in [1.165, 1.54) is 0 Å². The first kappa shape index (κ1) is 59.2. The quantitative estimate of drug-likeness (QED) is 0.0768. The minimum Gasteiger partial charge on any atom is -0.379 e. The van der Waals surface area contributed by atoms with Crippen molar-refractivity contribution in [2.45, 2.75) is 12.8 Å². The van der Waals surface area contributed by atoms with Crippen molar-refractivity contribution in [1.29, 1.82) is 0 Å². The van der Waals surface area contributed by atoms with Crippen LogP contribution in [-0.4, -0.2) is 251 Å². The topological polar surface area (TPSA) is 218 Å². The van der Waals surface area contributed by atoms with Gasteiger partial charge in [0.2, 0.25) is 0 Å². The van der Waals surface area contributed by atoms with E-state index in [1.807, 2.05) is 0 Å². The van der Waals surface area contributed by atoms with E-state index in [9.17, 15) is 0 Å². The molecule has 20 nitrogen and oxygen atoms in total. The van der Waals surface area contributed by atoms with Gasteiger partial charge in [-0.15, -0.1) is 0 Å². The normalized spacial score (nSPS) is 11.7. The van der Waals surface area contributed by atoms with Crippen LogP contribution in [0.25, 0.3) is 0 Å². The van der Waals surface area contributed by atoms with Crippen LogP contribution in [0.1, 0.15) is 12.8 Å². The summed E-state index contributed by atoms with van der Waals surface area (Å²) in [5.74, 6) is 0. The number of rotatable bonds is 57. The van der Waals surface area contributed by atoms with Crippen molar-refractivity contribution >= 4 is 0 Å². The van der Waals surface area contributed by atoms with Crippen LogP contribution in [0.4, 0.5) is 0 Å². The Hall–Kier alpha value is -0.800. The summed E-state index contributed by atoms with van der Waals surface area (Å²) < 4.78 is 98.3. The molecule has 0 aromatic carbocycles. The zero-order valence-corrected chi connectivity index (χ0v) is 36.8. The molecule has 362 valence electrons. The number of hydrogen-bond donors (Lipinski definition) is 2. The van der Waals surface area contributed by atoms with E-state index < -0.39 is 0 Å². The minimum absolute atomic E-state index is 0.496.